The summed E-state index contributed by atoms with van der Waals surface area (Å²) in [6.07, 6.45) is 7.69. The third-order valence-corrected chi connectivity index (χ3v) is 6.28. The summed E-state index contributed by atoms with van der Waals surface area (Å²) in [6.45, 7) is 6.10. The maximum Gasteiger partial charge on any atom is 0.225 e. The molecule has 1 spiro atoms. The van der Waals surface area contributed by atoms with Gasteiger partial charge in [0.15, 0.2) is 5.79 Å². The Morgan fingerprint density at radius 1 is 0.840 bits per heavy atom. The van der Waals surface area contributed by atoms with Gasteiger partial charge in [0.1, 0.15) is 0 Å². The Balaban J connectivity index is 1.43. The summed E-state index contributed by atoms with van der Waals surface area (Å²) in [5.41, 5.74) is 0. The van der Waals surface area contributed by atoms with Gasteiger partial charge in [-0.05, 0) is 32.1 Å². The Morgan fingerprint density at radius 2 is 1.60 bits per heavy atom. The number of amides is 1. The van der Waals surface area contributed by atoms with Crippen molar-refractivity contribution in [2.45, 2.75) is 56.8 Å². The van der Waals surface area contributed by atoms with Crippen molar-refractivity contribution in [2.24, 2.45) is 5.92 Å². The van der Waals surface area contributed by atoms with Gasteiger partial charge in [0.2, 0.25) is 5.91 Å². The van der Waals surface area contributed by atoms with Crippen LogP contribution in [0.25, 0.3) is 0 Å². The van der Waals surface area contributed by atoms with Crippen LogP contribution in [0.5, 0.6) is 0 Å². The Labute approximate surface area is 150 Å². The molecule has 0 N–H and O–H groups in total. The number of ether oxygens (including phenoxy) is 3. The summed E-state index contributed by atoms with van der Waals surface area (Å²) in [5.74, 6) is -0.0837. The van der Waals surface area contributed by atoms with E-state index in [2.05, 4.69) is 4.90 Å². The molecule has 3 heterocycles. The minimum Gasteiger partial charge on any atom is -0.381 e. The fraction of sp³-hybridized carbons (Fsp3) is 0.947. The molecule has 1 aliphatic carbocycles. The van der Waals surface area contributed by atoms with Crippen molar-refractivity contribution < 1.29 is 19.0 Å². The molecule has 1 unspecified atom stereocenters. The van der Waals surface area contributed by atoms with Gasteiger partial charge in [-0.3, -0.25) is 9.69 Å². The van der Waals surface area contributed by atoms with Crippen LogP contribution in [0.2, 0.25) is 0 Å². The smallest absolute Gasteiger partial charge is 0.225 e. The van der Waals surface area contributed by atoms with Crippen LogP contribution in [0.3, 0.4) is 0 Å². The quantitative estimate of drug-likeness (QED) is 0.756. The van der Waals surface area contributed by atoms with Gasteiger partial charge < -0.3 is 19.1 Å². The highest BCUT2D eigenvalue weighted by atomic mass is 16.7. The molecule has 1 amide bonds. The average molecular weight is 352 g/mol. The number of carbonyl (C=O) groups excluding carboxylic acids is 1. The first-order valence-corrected chi connectivity index (χ1v) is 10.1. The second-order valence-corrected chi connectivity index (χ2v) is 8.02. The van der Waals surface area contributed by atoms with Crippen molar-refractivity contribution >= 4 is 5.91 Å². The Morgan fingerprint density at radius 3 is 2.40 bits per heavy atom. The van der Waals surface area contributed by atoms with E-state index in [0.29, 0.717) is 38.3 Å². The largest absolute Gasteiger partial charge is 0.381 e. The zero-order chi connectivity index (χ0) is 17.1. The normalized spacial score (nSPS) is 33.7. The van der Waals surface area contributed by atoms with Gasteiger partial charge in [-0.1, -0.05) is 12.8 Å². The van der Waals surface area contributed by atoms with E-state index >= 15 is 0 Å². The first-order valence-electron chi connectivity index (χ1n) is 10.1. The molecule has 1 saturated carbocycles. The molecule has 1 atom stereocenters. The van der Waals surface area contributed by atoms with Crippen molar-refractivity contribution in [1.82, 2.24) is 9.80 Å². The van der Waals surface area contributed by atoms with Crippen molar-refractivity contribution in [3.05, 3.63) is 0 Å². The summed E-state index contributed by atoms with van der Waals surface area (Å²) in [4.78, 5) is 17.4. The van der Waals surface area contributed by atoms with Crippen LogP contribution >= 0.6 is 0 Å². The Kier molecular flexibility index (Phi) is 5.60. The zero-order valence-corrected chi connectivity index (χ0v) is 15.3. The summed E-state index contributed by atoms with van der Waals surface area (Å²) >= 11 is 0. The third-order valence-electron chi connectivity index (χ3n) is 6.28. The lowest BCUT2D eigenvalue weighted by Gasteiger charge is -2.45. The SMILES string of the molecule is O=C(C1CCCC1)N1CCOC2(C1)CN(C1CCOCC1)CCCO2. The Hall–Kier alpha value is -0.690. The standard InChI is InChI=1S/C19H32N2O4/c22-18(16-4-1-2-5-16)21-9-13-25-19(15-21)14-20(8-3-10-24-19)17-6-11-23-12-7-17/h16-17H,1-15H2. The molecule has 4 rings (SSSR count). The maximum absolute atomic E-state index is 12.9. The van der Waals surface area contributed by atoms with Crippen molar-refractivity contribution in [3.8, 4) is 0 Å². The number of carbonyl (C=O) groups is 1. The predicted octanol–water partition coefficient (Wildman–Crippen LogP) is 1.63. The molecular formula is C19H32N2O4. The molecule has 0 aromatic carbocycles. The van der Waals surface area contributed by atoms with Gasteiger partial charge in [0.05, 0.1) is 26.3 Å². The second-order valence-electron chi connectivity index (χ2n) is 8.02. The highest BCUT2D eigenvalue weighted by Crippen LogP contribution is 2.31. The van der Waals surface area contributed by atoms with Gasteiger partial charge in [-0.25, -0.2) is 0 Å². The van der Waals surface area contributed by atoms with Crippen LogP contribution in [0.15, 0.2) is 0 Å². The van der Waals surface area contributed by atoms with Gasteiger partial charge in [0.25, 0.3) is 0 Å². The lowest BCUT2D eigenvalue weighted by Crippen LogP contribution is -2.60. The van der Waals surface area contributed by atoms with E-state index < -0.39 is 5.79 Å². The first kappa shape index (κ1) is 17.7. The topological polar surface area (TPSA) is 51.2 Å². The molecule has 0 bridgehead atoms. The predicted molar refractivity (Wildman–Crippen MR) is 93.2 cm³/mol. The molecule has 4 fully saturated rings. The molecular weight excluding hydrogens is 320 g/mol. The van der Waals surface area contributed by atoms with Crippen LogP contribution in [-0.4, -0.2) is 80.1 Å². The highest BCUT2D eigenvalue weighted by Gasteiger charge is 2.44. The Bertz CT molecular complexity index is 462. The fourth-order valence-electron chi connectivity index (χ4n) is 4.88. The van der Waals surface area contributed by atoms with Crippen LogP contribution in [0.4, 0.5) is 0 Å². The molecule has 0 aromatic heterocycles. The second kappa shape index (κ2) is 7.91. The lowest BCUT2D eigenvalue weighted by atomic mass is 10.0. The summed E-state index contributed by atoms with van der Waals surface area (Å²) in [5, 5.41) is 0. The summed E-state index contributed by atoms with van der Waals surface area (Å²) in [6, 6.07) is 0.553. The van der Waals surface area contributed by atoms with E-state index in [4.69, 9.17) is 14.2 Å². The highest BCUT2D eigenvalue weighted by molar-refractivity contribution is 5.79. The average Bonchev–Trinajstić information content (AvgIpc) is 3.12. The van der Waals surface area contributed by atoms with Crippen LogP contribution < -0.4 is 0 Å². The van der Waals surface area contributed by atoms with E-state index in [1.165, 1.54) is 12.8 Å². The molecule has 25 heavy (non-hydrogen) atoms. The molecule has 0 radical (unpaired) electrons. The number of rotatable bonds is 2. The van der Waals surface area contributed by atoms with E-state index in [-0.39, 0.29) is 5.92 Å². The van der Waals surface area contributed by atoms with Crippen LogP contribution in [0, 0.1) is 5.92 Å². The van der Waals surface area contributed by atoms with Crippen molar-refractivity contribution in [1.29, 1.82) is 0 Å². The van der Waals surface area contributed by atoms with Gasteiger partial charge in [0, 0.05) is 38.3 Å². The lowest BCUT2D eigenvalue weighted by molar-refractivity contribution is -0.266. The van der Waals surface area contributed by atoms with Crippen LogP contribution in [0.1, 0.15) is 44.9 Å². The van der Waals surface area contributed by atoms with Gasteiger partial charge in [-0.2, -0.15) is 0 Å². The van der Waals surface area contributed by atoms with Gasteiger partial charge in [-0.15, -0.1) is 0 Å². The van der Waals surface area contributed by atoms with E-state index in [1.54, 1.807) is 0 Å². The van der Waals surface area contributed by atoms with Crippen LogP contribution in [-0.2, 0) is 19.0 Å². The maximum atomic E-state index is 12.9. The first-order chi connectivity index (χ1) is 12.3. The monoisotopic (exact) mass is 352 g/mol. The molecule has 4 aliphatic rings. The zero-order valence-electron chi connectivity index (χ0n) is 15.3. The minimum atomic E-state index is -0.638. The number of hydrogen-bond acceptors (Lipinski definition) is 5. The fourth-order valence-corrected chi connectivity index (χ4v) is 4.88. The summed E-state index contributed by atoms with van der Waals surface area (Å²) < 4.78 is 17.9. The summed E-state index contributed by atoms with van der Waals surface area (Å²) in [7, 11) is 0. The number of hydrogen-bond donors (Lipinski definition) is 0. The van der Waals surface area contributed by atoms with Gasteiger partial charge >= 0.3 is 0 Å². The molecule has 6 nitrogen and oxygen atoms in total. The number of nitrogens with zero attached hydrogens (tertiary/aromatic N) is 2. The molecule has 3 aliphatic heterocycles. The van der Waals surface area contributed by atoms with E-state index in [0.717, 1.165) is 58.4 Å². The molecule has 142 valence electrons. The molecule has 3 saturated heterocycles. The minimum absolute atomic E-state index is 0.229. The van der Waals surface area contributed by atoms with E-state index in [1.807, 2.05) is 4.90 Å². The van der Waals surface area contributed by atoms with Crippen molar-refractivity contribution in [3.63, 3.8) is 0 Å². The van der Waals surface area contributed by atoms with E-state index in [9.17, 15) is 4.79 Å². The molecule has 6 heteroatoms. The number of morpholine rings is 1. The molecule has 0 aromatic rings. The van der Waals surface area contributed by atoms with Crippen molar-refractivity contribution in [2.75, 3.05) is 52.6 Å². The third kappa shape index (κ3) is 4.02.